The fourth-order valence-corrected chi connectivity index (χ4v) is 3.46. The van der Waals surface area contributed by atoms with Crippen LogP contribution in [0.2, 0.25) is 0 Å². The van der Waals surface area contributed by atoms with Crippen molar-refractivity contribution in [1.82, 2.24) is 10.6 Å². The fourth-order valence-electron chi connectivity index (χ4n) is 3.46. The van der Waals surface area contributed by atoms with Gasteiger partial charge in [0.1, 0.15) is 48.7 Å². The third kappa shape index (κ3) is 10.5. The minimum absolute atomic E-state index is 0.0344. The summed E-state index contributed by atoms with van der Waals surface area (Å²) < 4.78 is 57.2. The van der Waals surface area contributed by atoms with Gasteiger partial charge in [0.05, 0.1) is 6.61 Å². The number of aliphatic hydroxyl groups excluding tert-OH is 1. The summed E-state index contributed by atoms with van der Waals surface area (Å²) in [6, 6.07) is 11.4. The van der Waals surface area contributed by atoms with Crippen molar-refractivity contribution in [1.29, 1.82) is 0 Å². The maximum atomic E-state index is 14.1. The zero-order valence-electron chi connectivity index (χ0n) is 22.0. The van der Waals surface area contributed by atoms with Crippen molar-refractivity contribution < 1.29 is 37.0 Å². The van der Waals surface area contributed by atoms with E-state index in [1.807, 2.05) is 19.8 Å². The van der Waals surface area contributed by atoms with E-state index >= 15 is 0 Å². The first-order valence-corrected chi connectivity index (χ1v) is 11.8. The molecular weight excluding hydrogens is 518 g/mol. The molecule has 0 saturated heterocycles. The van der Waals surface area contributed by atoms with Crippen molar-refractivity contribution in [2.75, 3.05) is 32.6 Å². The average Bonchev–Trinajstić information content (AvgIpc) is 2.94. The Balaban J connectivity index is 0.000000454. The largest absolute Gasteiger partial charge is 0.491 e. The van der Waals surface area contributed by atoms with Crippen LogP contribution >= 0.6 is 0 Å². The molecular formula is C28H33F4N3O4. The topological polar surface area (TPSA) is 99.7 Å². The predicted molar refractivity (Wildman–Crippen MR) is 142 cm³/mol. The van der Waals surface area contributed by atoms with Crippen LogP contribution in [0.15, 0.2) is 48.5 Å². The molecule has 3 aromatic rings. The van der Waals surface area contributed by atoms with E-state index in [1.54, 1.807) is 38.4 Å². The fraction of sp³-hybridized carbons (Fsp3) is 0.286. The van der Waals surface area contributed by atoms with Gasteiger partial charge < -0.3 is 30.6 Å². The number of benzene rings is 3. The number of hydrogen-bond donors (Lipinski definition) is 4. The molecule has 0 aliphatic carbocycles. The standard InChI is InChI=1S/C19H23FN2O3.C8H8F3N.CH2O/c1-13(17-6-3-14(12-24)9-19(17)21-2)22-11-15-4-5-16(10-18(15)20)25-8-7-23;1-12-4-6-7(10)2-5(9)3-8(6)11;1-2/h3-6,9-10,12-13,21-23H,7-8,11H2,1-2H3;2-3,12H,4H2,1H3;1H2. The number of ether oxygens (including phenoxy) is 1. The van der Waals surface area contributed by atoms with E-state index in [0.29, 0.717) is 35.6 Å². The Morgan fingerprint density at radius 1 is 0.949 bits per heavy atom. The molecule has 212 valence electrons. The van der Waals surface area contributed by atoms with Crippen molar-refractivity contribution in [3.05, 3.63) is 94.1 Å². The molecule has 3 aromatic carbocycles. The second-order valence-corrected chi connectivity index (χ2v) is 8.02. The quantitative estimate of drug-likeness (QED) is 0.205. The second kappa shape index (κ2) is 17.7. The molecule has 0 fully saturated rings. The summed E-state index contributed by atoms with van der Waals surface area (Å²) >= 11 is 0. The molecule has 4 N–H and O–H groups in total. The van der Waals surface area contributed by atoms with Crippen LogP contribution in [0.5, 0.6) is 5.75 Å². The highest BCUT2D eigenvalue weighted by molar-refractivity contribution is 5.78. The number of hydrogen-bond acceptors (Lipinski definition) is 7. The van der Waals surface area contributed by atoms with Crippen molar-refractivity contribution in [3.8, 4) is 5.75 Å². The summed E-state index contributed by atoms with van der Waals surface area (Å²) in [6.45, 7) is 4.41. The van der Waals surface area contributed by atoms with Gasteiger partial charge in [-0.05, 0) is 31.7 Å². The van der Waals surface area contributed by atoms with Crippen LogP contribution in [-0.4, -0.2) is 45.5 Å². The summed E-state index contributed by atoms with van der Waals surface area (Å²) in [4.78, 5) is 18.9. The molecule has 11 heteroatoms. The summed E-state index contributed by atoms with van der Waals surface area (Å²) in [5, 5.41) is 17.7. The average molecular weight is 552 g/mol. The number of nitrogens with one attached hydrogen (secondary N) is 3. The molecule has 1 atom stereocenters. The Kier molecular flexibility index (Phi) is 15.0. The van der Waals surface area contributed by atoms with Gasteiger partial charge in [0.15, 0.2) is 0 Å². The van der Waals surface area contributed by atoms with E-state index < -0.39 is 17.5 Å². The number of rotatable bonds is 11. The number of aliphatic hydroxyl groups is 1. The van der Waals surface area contributed by atoms with Crippen molar-refractivity contribution >= 4 is 18.8 Å². The van der Waals surface area contributed by atoms with Crippen LogP contribution in [0.3, 0.4) is 0 Å². The van der Waals surface area contributed by atoms with E-state index in [1.165, 1.54) is 6.07 Å². The summed E-state index contributed by atoms with van der Waals surface area (Å²) in [7, 11) is 3.35. The highest BCUT2D eigenvalue weighted by Crippen LogP contribution is 2.24. The lowest BCUT2D eigenvalue weighted by Gasteiger charge is -2.19. The Labute approximate surface area is 225 Å². The number of anilines is 1. The Hall–Kier alpha value is -3.80. The molecule has 1 unspecified atom stereocenters. The number of aldehydes is 1. The molecule has 0 aliphatic rings. The molecule has 0 amide bonds. The van der Waals surface area contributed by atoms with Gasteiger partial charge in [-0.2, -0.15) is 0 Å². The molecule has 0 saturated carbocycles. The monoisotopic (exact) mass is 551 g/mol. The normalized spacial score (nSPS) is 10.9. The highest BCUT2D eigenvalue weighted by Gasteiger charge is 2.12. The Morgan fingerprint density at radius 3 is 2.15 bits per heavy atom. The van der Waals surface area contributed by atoms with Crippen LogP contribution in [-0.2, 0) is 17.9 Å². The number of halogens is 4. The first kappa shape index (κ1) is 33.2. The molecule has 7 nitrogen and oxygen atoms in total. The molecule has 0 aliphatic heterocycles. The molecule has 3 rings (SSSR count). The van der Waals surface area contributed by atoms with E-state index in [2.05, 4.69) is 16.0 Å². The summed E-state index contributed by atoms with van der Waals surface area (Å²) in [5.74, 6) is -2.58. The zero-order chi connectivity index (χ0) is 29.4. The van der Waals surface area contributed by atoms with E-state index in [-0.39, 0.29) is 37.2 Å². The molecule has 0 bridgehead atoms. The van der Waals surface area contributed by atoms with Crippen LogP contribution < -0.4 is 20.7 Å². The van der Waals surface area contributed by atoms with Crippen LogP contribution in [0.25, 0.3) is 0 Å². The van der Waals surface area contributed by atoms with E-state index in [0.717, 1.165) is 17.5 Å². The third-order valence-electron chi connectivity index (χ3n) is 5.39. The molecule has 0 aromatic heterocycles. The maximum Gasteiger partial charge on any atom is 0.150 e. The van der Waals surface area contributed by atoms with Crippen molar-refractivity contribution in [2.24, 2.45) is 0 Å². The lowest BCUT2D eigenvalue weighted by Crippen LogP contribution is -2.20. The molecule has 0 radical (unpaired) electrons. The van der Waals surface area contributed by atoms with Gasteiger partial charge in [-0.3, -0.25) is 4.79 Å². The van der Waals surface area contributed by atoms with Crippen LogP contribution in [0, 0.1) is 23.3 Å². The summed E-state index contributed by atoms with van der Waals surface area (Å²) in [6.07, 6.45) is 0.804. The Bertz CT molecular complexity index is 1170. The first-order valence-electron chi connectivity index (χ1n) is 11.8. The SMILES string of the molecule is C=O.CNCc1c(F)cc(F)cc1F.CNc1cc(C=O)ccc1C(C)NCc1ccc(OCCO)cc1F. The number of carbonyl (C=O) groups excluding carboxylic acids is 2. The highest BCUT2D eigenvalue weighted by atomic mass is 19.1. The van der Waals surface area contributed by atoms with Gasteiger partial charge in [0, 0.05) is 66.8 Å². The van der Waals surface area contributed by atoms with Gasteiger partial charge in [0.25, 0.3) is 0 Å². The van der Waals surface area contributed by atoms with E-state index in [9.17, 15) is 22.4 Å². The Morgan fingerprint density at radius 2 is 1.62 bits per heavy atom. The van der Waals surface area contributed by atoms with Crippen LogP contribution in [0.1, 0.15) is 40.0 Å². The zero-order valence-corrected chi connectivity index (χ0v) is 22.0. The second-order valence-electron chi connectivity index (χ2n) is 8.02. The lowest BCUT2D eigenvalue weighted by molar-refractivity contribution is -0.0980. The van der Waals surface area contributed by atoms with Gasteiger partial charge in [-0.15, -0.1) is 0 Å². The maximum absolute atomic E-state index is 14.1. The molecule has 0 spiro atoms. The van der Waals surface area contributed by atoms with Crippen molar-refractivity contribution in [3.63, 3.8) is 0 Å². The van der Waals surface area contributed by atoms with Gasteiger partial charge in [-0.25, -0.2) is 17.6 Å². The van der Waals surface area contributed by atoms with Crippen molar-refractivity contribution in [2.45, 2.75) is 26.1 Å². The minimum Gasteiger partial charge on any atom is -0.491 e. The van der Waals surface area contributed by atoms with Gasteiger partial charge in [-0.1, -0.05) is 18.2 Å². The smallest absolute Gasteiger partial charge is 0.150 e. The van der Waals surface area contributed by atoms with Crippen LogP contribution in [0.4, 0.5) is 23.2 Å². The first-order chi connectivity index (χ1) is 18.7. The summed E-state index contributed by atoms with van der Waals surface area (Å²) in [5.41, 5.74) is 2.84. The molecule has 39 heavy (non-hydrogen) atoms. The lowest BCUT2D eigenvalue weighted by atomic mass is 10.0. The minimum atomic E-state index is -0.898. The third-order valence-corrected chi connectivity index (χ3v) is 5.39. The molecule has 0 heterocycles. The van der Waals surface area contributed by atoms with Gasteiger partial charge in [0.2, 0.25) is 0 Å². The van der Waals surface area contributed by atoms with E-state index in [4.69, 9.17) is 14.6 Å². The number of carbonyl (C=O) groups is 2. The van der Waals surface area contributed by atoms with Gasteiger partial charge >= 0.3 is 0 Å². The predicted octanol–water partition coefficient (Wildman–Crippen LogP) is 4.54.